The molecule has 12 heavy (non-hydrogen) atoms. The summed E-state index contributed by atoms with van der Waals surface area (Å²) < 4.78 is 5.28. The van der Waals surface area contributed by atoms with Crippen LogP contribution in [0.4, 0.5) is 0 Å². The summed E-state index contributed by atoms with van der Waals surface area (Å²) in [5.41, 5.74) is 0.451. The fourth-order valence-corrected chi connectivity index (χ4v) is 1.35. The van der Waals surface area contributed by atoms with Crippen LogP contribution in [0.25, 0.3) is 0 Å². The zero-order valence-electron chi connectivity index (χ0n) is 8.52. The van der Waals surface area contributed by atoms with Gasteiger partial charge in [-0.15, -0.1) is 0 Å². The second kappa shape index (κ2) is 4.24. The SMILES string of the molecule is CC(C)(C)CCNC1CCOC1. The number of ether oxygens (including phenoxy) is 1. The standard InChI is InChI=1S/C10H21NO/c1-10(2,3)5-6-11-9-4-7-12-8-9/h9,11H,4-8H2,1-3H3. The molecule has 0 aromatic heterocycles. The third-order valence-electron chi connectivity index (χ3n) is 2.24. The van der Waals surface area contributed by atoms with Crippen molar-refractivity contribution in [2.45, 2.75) is 39.7 Å². The molecule has 2 heteroatoms. The molecule has 0 saturated carbocycles. The van der Waals surface area contributed by atoms with E-state index in [9.17, 15) is 0 Å². The van der Waals surface area contributed by atoms with E-state index >= 15 is 0 Å². The molecule has 1 unspecified atom stereocenters. The van der Waals surface area contributed by atoms with Crippen LogP contribution in [0, 0.1) is 5.41 Å². The van der Waals surface area contributed by atoms with Crippen LogP contribution in [-0.4, -0.2) is 25.8 Å². The first-order valence-electron chi connectivity index (χ1n) is 4.89. The maximum absolute atomic E-state index is 5.28. The Morgan fingerprint density at radius 1 is 1.42 bits per heavy atom. The molecule has 1 atom stereocenters. The van der Waals surface area contributed by atoms with Crippen LogP contribution in [0.1, 0.15) is 33.6 Å². The van der Waals surface area contributed by atoms with Gasteiger partial charge in [0.25, 0.3) is 0 Å². The van der Waals surface area contributed by atoms with Crippen molar-refractivity contribution < 1.29 is 4.74 Å². The van der Waals surface area contributed by atoms with Gasteiger partial charge in [0, 0.05) is 12.6 Å². The largest absolute Gasteiger partial charge is 0.380 e. The molecule has 1 aliphatic rings. The molecule has 0 radical (unpaired) electrons. The molecule has 1 aliphatic heterocycles. The minimum Gasteiger partial charge on any atom is -0.380 e. The number of rotatable bonds is 3. The number of hydrogen-bond donors (Lipinski definition) is 1. The predicted molar refractivity (Wildman–Crippen MR) is 51.3 cm³/mol. The Morgan fingerprint density at radius 3 is 2.67 bits per heavy atom. The lowest BCUT2D eigenvalue weighted by atomic mass is 9.92. The molecule has 1 fully saturated rings. The molecule has 1 N–H and O–H groups in total. The van der Waals surface area contributed by atoms with Crippen molar-refractivity contribution in [3.63, 3.8) is 0 Å². The van der Waals surface area contributed by atoms with Crippen molar-refractivity contribution in [1.82, 2.24) is 5.32 Å². The van der Waals surface area contributed by atoms with E-state index < -0.39 is 0 Å². The number of hydrogen-bond acceptors (Lipinski definition) is 2. The van der Waals surface area contributed by atoms with E-state index in [-0.39, 0.29) is 0 Å². The van der Waals surface area contributed by atoms with Gasteiger partial charge in [-0.3, -0.25) is 0 Å². The molecule has 72 valence electrons. The van der Waals surface area contributed by atoms with Crippen molar-refractivity contribution in [3.8, 4) is 0 Å². The maximum atomic E-state index is 5.28. The summed E-state index contributed by atoms with van der Waals surface area (Å²) in [6.07, 6.45) is 2.42. The van der Waals surface area contributed by atoms with E-state index in [0.29, 0.717) is 11.5 Å². The molecule has 0 amide bonds. The smallest absolute Gasteiger partial charge is 0.0620 e. The summed E-state index contributed by atoms with van der Waals surface area (Å²) in [5, 5.41) is 3.51. The second-order valence-electron chi connectivity index (χ2n) is 4.83. The maximum Gasteiger partial charge on any atom is 0.0620 e. The normalized spacial score (nSPS) is 24.8. The van der Waals surface area contributed by atoms with Crippen LogP contribution in [0.15, 0.2) is 0 Å². The van der Waals surface area contributed by atoms with Crippen molar-refractivity contribution in [3.05, 3.63) is 0 Å². The highest BCUT2D eigenvalue weighted by atomic mass is 16.5. The lowest BCUT2D eigenvalue weighted by Gasteiger charge is -2.19. The Morgan fingerprint density at radius 2 is 2.17 bits per heavy atom. The third kappa shape index (κ3) is 4.07. The molecule has 1 rings (SSSR count). The van der Waals surface area contributed by atoms with Crippen molar-refractivity contribution in [2.75, 3.05) is 19.8 Å². The first-order valence-corrected chi connectivity index (χ1v) is 4.89. The Hall–Kier alpha value is -0.0800. The predicted octanol–water partition coefficient (Wildman–Crippen LogP) is 1.80. The van der Waals surface area contributed by atoms with E-state index in [1.54, 1.807) is 0 Å². The van der Waals surface area contributed by atoms with Crippen molar-refractivity contribution in [2.24, 2.45) is 5.41 Å². The summed E-state index contributed by atoms with van der Waals surface area (Å²) >= 11 is 0. The van der Waals surface area contributed by atoms with Gasteiger partial charge in [0.15, 0.2) is 0 Å². The van der Waals surface area contributed by atoms with E-state index in [0.717, 1.165) is 19.8 Å². The molecule has 2 nitrogen and oxygen atoms in total. The minimum absolute atomic E-state index is 0.451. The van der Waals surface area contributed by atoms with Gasteiger partial charge in [-0.2, -0.15) is 0 Å². The molecule has 1 heterocycles. The lowest BCUT2D eigenvalue weighted by molar-refractivity contribution is 0.189. The summed E-state index contributed by atoms with van der Waals surface area (Å²) in [6.45, 7) is 9.80. The molecule has 0 aromatic rings. The topological polar surface area (TPSA) is 21.3 Å². The van der Waals surface area contributed by atoms with Crippen LogP contribution in [0.3, 0.4) is 0 Å². The van der Waals surface area contributed by atoms with E-state index in [1.165, 1.54) is 12.8 Å². The summed E-state index contributed by atoms with van der Waals surface area (Å²) in [7, 11) is 0. The molecule has 0 spiro atoms. The average Bonchev–Trinajstić information content (AvgIpc) is 2.36. The van der Waals surface area contributed by atoms with Gasteiger partial charge in [-0.1, -0.05) is 20.8 Å². The van der Waals surface area contributed by atoms with Gasteiger partial charge >= 0.3 is 0 Å². The highest BCUT2D eigenvalue weighted by Crippen LogP contribution is 2.17. The van der Waals surface area contributed by atoms with Gasteiger partial charge < -0.3 is 10.1 Å². The third-order valence-corrected chi connectivity index (χ3v) is 2.24. The quantitative estimate of drug-likeness (QED) is 0.699. The van der Waals surface area contributed by atoms with Crippen molar-refractivity contribution in [1.29, 1.82) is 0 Å². The van der Waals surface area contributed by atoms with Crippen LogP contribution in [-0.2, 0) is 4.74 Å². The van der Waals surface area contributed by atoms with Gasteiger partial charge in [-0.25, -0.2) is 0 Å². The fraction of sp³-hybridized carbons (Fsp3) is 1.00. The van der Waals surface area contributed by atoms with Gasteiger partial charge in [0.05, 0.1) is 6.61 Å². The highest BCUT2D eigenvalue weighted by molar-refractivity contribution is 4.72. The van der Waals surface area contributed by atoms with Gasteiger partial charge in [-0.05, 0) is 24.8 Å². The Kier molecular flexibility index (Phi) is 3.53. The summed E-state index contributed by atoms with van der Waals surface area (Å²) in [4.78, 5) is 0. The second-order valence-corrected chi connectivity index (χ2v) is 4.83. The highest BCUT2D eigenvalue weighted by Gasteiger charge is 2.16. The van der Waals surface area contributed by atoms with Gasteiger partial charge in [0.1, 0.15) is 0 Å². The average molecular weight is 171 g/mol. The molecule has 1 saturated heterocycles. The molecule has 0 aliphatic carbocycles. The molecule has 0 bridgehead atoms. The Balaban J connectivity index is 2.02. The molecular weight excluding hydrogens is 150 g/mol. The van der Waals surface area contributed by atoms with Crippen LogP contribution < -0.4 is 5.32 Å². The van der Waals surface area contributed by atoms with Gasteiger partial charge in [0.2, 0.25) is 0 Å². The first-order chi connectivity index (χ1) is 5.58. The van der Waals surface area contributed by atoms with E-state index in [2.05, 4.69) is 26.1 Å². The zero-order valence-corrected chi connectivity index (χ0v) is 8.52. The first kappa shape index (κ1) is 10.0. The summed E-state index contributed by atoms with van der Waals surface area (Å²) in [5.74, 6) is 0. The fourth-order valence-electron chi connectivity index (χ4n) is 1.35. The Labute approximate surface area is 75.7 Å². The van der Waals surface area contributed by atoms with E-state index in [4.69, 9.17) is 4.74 Å². The molecular formula is C10H21NO. The monoisotopic (exact) mass is 171 g/mol. The lowest BCUT2D eigenvalue weighted by Crippen LogP contribution is -2.31. The van der Waals surface area contributed by atoms with Crippen LogP contribution in [0.2, 0.25) is 0 Å². The number of nitrogens with one attached hydrogen (secondary N) is 1. The Bertz CT molecular complexity index is 122. The molecule has 0 aromatic carbocycles. The van der Waals surface area contributed by atoms with Crippen LogP contribution in [0.5, 0.6) is 0 Å². The van der Waals surface area contributed by atoms with E-state index in [1.807, 2.05) is 0 Å². The minimum atomic E-state index is 0.451. The zero-order chi connectivity index (χ0) is 9.03. The summed E-state index contributed by atoms with van der Waals surface area (Å²) in [6, 6.07) is 0.618. The van der Waals surface area contributed by atoms with Crippen LogP contribution >= 0.6 is 0 Å². The van der Waals surface area contributed by atoms with Crippen molar-refractivity contribution >= 4 is 0 Å².